The van der Waals surface area contributed by atoms with Crippen molar-refractivity contribution in [2.24, 2.45) is 5.92 Å². The third-order valence-corrected chi connectivity index (χ3v) is 4.40. The minimum atomic E-state index is -0.334. The van der Waals surface area contributed by atoms with Gasteiger partial charge in [-0.1, -0.05) is 44.2 Å². The number of hydrogen-bond donors (Lipinski definition) is 1. The van der Waals surface area contributed by atoms with Crippen molar-refractivity contribution in [3.05, 3.63) is 59.8 Å². The van der Waals surface area contributed by atoms with E-state index < -0.39 is 0 Å². The van der Waals surface area contributed by atoms with Gasteiger partial charge >= 0.3 is 0 Å². The molecule has 2 amide bonds. The second kappa shape index (κ2) is 8.17. The van der Waals surface area contributed by atoms with E-state index in [-0.39, 0.29) is 23.4 Å². The van der Waals surface area contributed by atoms with Crippen LogP contribution in [0.15, 0.2) is 54.2 Å². The smallest absolute Gasteiger partial charge is 0.278 e. The molecule has 0 atom stereocenters. The highest BCUT2D eigenvalue weighted by Crippen LogP contribution is 2.33. The van der Waals surface area contributed by atoms with E-state index in [2.05, 4.69) is 5.32 Å². The van der Waals surface area contributed by atoms with Crippen molar-refractivity contribution in [2.75, 3.05) is 26.1 Å². The van der Waals surface area contributed by atoms with Gasteiger partial charge in [0.05, 0.1) is 19.8 Å². The van der Waals surface area contributed by atoms with Crippen LogP contribution in [-0.4, -0.2) is 37.5 Å². The van der Waals surface area contributed by atoms with Gasteiger partial charge in [-0.2, -0.15) is 0 Å². The van der Waals surface area contributed by atoms with Crippen LogP contribution in [0, 0.1) is 5.92 Å². The number of benzene rings is 2. The summed E-state index contributed by atoms with van der Waals surface area (Å²) in [7, 11) is 3.11. The first-order valence-electron chi connectivity index (χ1n) is 9.10. The number of rotatable bonds is 7. The Balaban J connectivity index is 2.07. The first-order valence-corrected chi connectivity index (χ1v) is 9.10. The van der Waals surface area contributed by atoms with E-state index in [9.17, 15) is 9.59 Å². The molecular weight excluding hydrogens is 356 g/mol. The Bertz CT molecular complexity index is 897. The molecule has 0 radical (unpaired) electrons. The number of carbonyl (C=O) groups is 2. The number of ether oxygens (including phenoxy) is 2. The van der Waals surface area contributed by atoms with Crippen LogP contribution in [-0.2, 0) is 9.59 Å². The van der Waals surface area contributed by atoms with Crippen molar-refractivity contribution in [2.45, 2.75) is 13.8 Å². The van der Waals surface area contributed by atoms with Crippen molar-refractivity contribution in [3.63, 3.8) is 0 Å². The molecule has 2 aromatic carbocycles. The summed E-state index contributed by atoms with van der Waals surface area (Å²) in [6, 6.07) is 14.5. The van der Waals surface area contributed by atoms with Crippen molar-refractivity contribution in [1.29, 1.82) is 0 Å². The molecule has 146 valence electrons. The summed E-state index contributed by atoms with van der Waals surface area (Å²) in [5.41, 5.74) is 1.93. The number of imide groups is 1. The molecule has 0 unspecified atom stereocenters. The fraction of sp³-hybridized carbons (Fsp3) is 0.273. The number of amides is 2. The Morgan fingerprint density at radius 3 is 2.07 bits per heavy atom. The minimum Gasteiger partial charge on any atom is -0.497 e. The molecule has 2 aromatic rings. The van der Waals surface area contributed by atoms with Gasteiger partial charge in [-0.15, -0.1) is 0 Å². The Morgan fingerprint density at radius 2 is 1.54 bits per heavy atom. The van der Waals surface area contributed by atoms with E-state index in [0.717, 1.165) is 0 Å². The van der Waals surface area contributed by atoms with Crippen molar-refractivity contribution < 1.29 is 19.1 Å². The minimum absolute atomic E-state index is 0.168. The van der Waals surface area contributed by atoms with E-state index >= 15 is 0 Å². The predicted octanol–water partition coefficient (Wildman–Crippen LogP) is 3.55. The van der Waals surface area contributed by atoms with Crippen LogP contribution in [0.5, 0.6) is 11.5 Å². The molecule has 28 heavy (non-hydrogen) atoms. The Kier molecular flexibility index (Phi) is 5.68. The third kappa shape index (κ3) is 3.86. The van der Waals surface area contributed by atoms with Gasteiger partial charge in [-0.3, -0.25) is 14.5 Å². The molecule has 0 saturated heterocycles. The van der Waals surface area contributed by atoms with Crippen molar-refractivity contribution in [1.82, 2.24) is 4.90 Å². The zero-order chi connectivity index (χ0) is 20.3. The van der Waals surface area contributed by atoms with Crippen LogP contribution >= 0.6 is 0 Å². The molecule has 1 heterocycles. The standard InChI is InChI=1S/C22H24N2O4/c1-14(2)13-24-21(25)19(15-8-6-5-7-9-15)20(22(24)26)23-16-10-17(27-3)12-18(11-16)28-4/h5-12,14,23H,13H2,1-4H3. The maximum atomic E-state index is 13.1. The summed E-state index contributed by atoms with van der Waals surface area (Å²) in [6.07, 6.45) is 0. The van der Waals surface area contributed by atoms with Crippen LogP contribution in [0.1, 0.15) is 19.4 Å². The second-order valence-electron chi connectivity index (χ2n) is 6.96. The molecule has 0 fully saturated rings. The van der Waals surface area contributed by atoms with E-state index in [1.807, 2.05) is 44.2 Å². The summed E-state index contributed by atoms with van der Waals surface area (Å²) < 4.78 is 10.6. The number of hydrogen-bond acceptors (Lipinski definition) is 5. The maximum absolute atomic E-state index is 13.1. The van der Waals surface area contributed by atoms with Gasteiger partial charge < -0.3 is 14.8 Å². The van der Waals surface area contributed by atoms with Crippen LogP contribution in [0.4, 0.5) is 5.69 Å². The highest BCUT2D eigenvalue weighted by molar-refractivity contribution is 6.36. The van der Waals surface area contributed by atoms with Crippen LogP contribution in [0.3, 0.4) is 0 Å². The number of anilines is 1. The lowest BCUT2D eigenvalue weighted by Crippen LogP contribution is -2.35. The Labute approximate surface area is 164 Å². The number of nitrogens with one attached hydrogen (secondary N) is 1. The van der Waals surface area contributed by atoms with Gasteiger partial charge in [0.1, 0.15) is 17.2 Å². The topological polar surface area (TPSA) is 67.9 Å². The van der Waals surface area contributed by atoms with Gasteiger partial charge in [-0.25, -0.2) is 0 Å². The number of nitrogens with zero attached hydrogens (tertiary/aromatic N) is 1. The quantitative estimate of drug-likeness (QED) is 0.744. The molecular formula is C22H24N2O4. The first kappa shape index (κ1) is 19.5. The summed E-state index contributed by atoms with van der Waals surface area (Å²) in [5.74, 6) is 0.710. The molecule has 0 bridgehead atoms. The van der Waals surface area contributed by atoms with E-state index in [4.69, 9.17) is 9.47 Å². The van der Waals surface area contributed by atoms with Gasteiger partial charge in [0.2, 0.25) is 0 Å². The van der Waals surface area contributed by atoms with Gasteiger partial charge in [0, 0.05) is 30.4 Å². The third-order valence-electron chi connectivity index (χ3n) is 4.40. The van der Waals surface area contributed by atoms with E-state index in [1.54, 1.807) is 32.4 Å². The molecule has 1 N–H and O–H groups in total. The Morgan fingerprint density at radius 1 is 0.929 bits per heavy atom. The molecule has 1 aliphatic rings. The highest BCUT2D eigenvalue weighted by Gasteiger charge is 2.39. The van der Waals surface area contributed by atoms with Crippen molar-refractivity contribution in [3.8, 4) is 11.5 Å². The molecule has 1 aliphatic heterocycles. The van der Waals surface area contributed by atoms with Gasteiger partial charge in [0.15, 0.2) is 0 Å². The lowest BCUT2D eigenvalue weighted by Gasteiger charge is -2.17. The van der Waals surface area contributed by atoms with E-state index in [1.165, 1.54) is 4.90 Å². The molecule has 6 nitrogen and oxygen atoms in total. The first-order chi connectivity index (χ1) is 13.4. The average Bonchev–Trinajstić information content (AvgIpc) is 2.92. The zero-order valence-corrected chi connectivity index (χ0v) is 16.5. The molecule has 3 rings (SSSR count). The lowest BCUT2D eigenvalue weighted by atomic mass is 10.0. The average molecular weight is 380 g/mol. The Hall–Kier alpha value is -3.28. The molecule has 6 heteroatoms. The number of methoxy groups -OCH3 is 2. The molecule has 0 spiro atoms. The highest BCUT2D eigenvalue weighted by atomic mass is 16.5. The SMILES string of the molecule is COc1cc(NC2=C(c3ccccc3)C(=O)N(CC(C)C)C2=O)cc(OC)c1. The van der Waals surface area contributed by atoms with Crippen LogP contribution < -0.4 is 14.8 Å². The fourth-order valence-electron chi connectivity index (χ4n) is 3.12. The molecule has 0 aliphatic carbocycles. The summed E-state index contributed by atoms with van der Waals surface area (Å²) in [4.78, 5) is 27.4. The van der Waals surface area contributed by atoms with Crippen LogP contribution in [0.2, 0.25) is 0 Å². The molecule has 0 saturated carbocycles. The lowest BCUT2D eigenvalue weighted by molar-refractivity contribution is -0.137. The van der Waals surface area contributed by atoms with Crippen LogP contribution in [0.25, 0.3) is 5.57 Å². The molecule has 0 aromatic heterocycles. The monoisotopic (exact) mass is 380 g/mol. The zero-order valence-electron chi connectivity index (χ0n) is 16.5. The normalized spacial score (nSPS) is 14.1. The summed E-state index contributed by atoms with van der Waals surface area (Å²) in [5, 5.41) is 3.13. The summed E-state index contributed by atoms with van der Waals surface area (Å²) >= 11 is 0. The fourth-order valence-corrected chi connectivity index (χ4v) is 3.12. The maximum Gasteiger partial charge on any atom is 0.278 e. The van der Waals surface area contributed by atoms with Crippen molar-refractivity contribution >= 4 is 23.1 Å². The predicted molar refractivity (Wildman–Crippen MR) is 108 cm³/mol. The number of carbonyl (C=O) groups excluding carboxylic acids is 2. The largest absolute Gasteiger partial charge is 0.497 e. The second-order valence-corrected chi connectivity index (χ2v) is 6.96. The van der Waals surface area contributed by atoms with Gasteiger partial charge in [0.25, 0.3) is 11.8 Å². The van der Waals surface area contributed by atoms with Gasteiger partial charge in [-0.05, 0) is 11.5 Å². The summed E-state index contributed by atoms with van der Waals surface area (Å²) in [6.45, 7) is 4.31. The van der Waals surface area contributed by atoms with E-state index in [0.29, 0.717) is 34.9 Å².